The fourth-order valence-corrected chi connectivity index (χ4v) is 1.11. The summed E-state index contributed by atoms with van der Waals surface area (Å²) in [5.41, 5.74) is -0.176. The minimum atomic E-state index is -1.21. The van der Waals surface area contributed by atoms with Gasteiger partial charge in [-0.2, -0.15) is 0 Å². The van der Waals surface area contributed by atoms with Crippen molar-refractivity contribution in [1.29, 1.82) is 0 Å². The van der Waals surface area contributed by atoms with Gasteiger partial charge in [0.1, 0.15) is 17.2 Å². The summed E-state index contributed by atoms with van der Waals surface area (Å²) in [6.45, 7) is 2.19. The van der Waals surface area contributed by atoms with Crippen LogP contribution in [0.2, 0.25) is 0 Å². The summed E-state index contributed by atoms with van der Waals surface area (Å²) in [5.74, 6) is 3.81. The molecule has 1 aromatic heterocycles. The van der Waals surface area contributed by atoms with Crippen LogP contribution in [-0.4, -0.2) is 22.6 Å². The smallest absolute Gasteiger partial charge is 0.339 e. The van der Waals surface area contributed by atoms with Gasteiger partial charge < -0.3 is 10.4 Å². The Hall–Kier alpha value is -2.09. The number of carboxylic acids is 1. The number of nitrogens with zero attached hydrogens (tertiary/aromatic N) is 1. The van der Waals surface area contributed by atoms with E-state index in [0.717, 1.165) is 12.3 Å². The number of hydrogen-bond acceptors (Lipinski definition) is 3. The molecule has 0 atom stereocenters. The van der Waals surface area contributed by atoms with Crippen LogP contribution < -0.4 is 5.32 Å². The van der Waals surface area contributed by atoms with Crippen LogP contribution in [0.4, 0.5) is 10.2 Å². The molecule has 0 fully saturated rings. The molecule has 0 aliphatic heterocycles. The largest absolute Gasteiger partial charge is 0.478 e. The molecule has 1 aromatic rings. The molecule has 0 aromatic carbocycles. The van der Waals surface area contributed by atoms with Crippen LogP contribution in [0.5, 0.6) is 0 Å². The average Bonchev–Trinajstić information content (AvgIpc) is 2.26. The van der Waals surface area contributed by atoms with Gasteiger partial charge >= 0.3 is 5.97 Å². The summed E-state index contributed by atoms with van der Waals surface area (Å²) in [6, 6.07) is 0.934. The van der Waals surface area contributed by atoms with E-state index in [-0.39, 0.29) is 11.4 Å². The lowest BCUT2D eigenvalue weighted by atomic mass is 10.2. The fraction of sp³-hybridized carbons (Fsp3) is 0.273. The second-order valence-corrected chi connectivity index (χ2v) is 2.96. The van der Waals surface area contributed by atoms with E-state index >= 15 is 0 Å². The van der Waals surface area contributed by atoms with Crippen LogP contribution in [-0.2, 0) is 0 Å². The van der Waals surface area contributed by atoms with Crippen LogP contribution in [0.15, 0.2) is 12.3 Å². The minimum Gasteiger partial charge on any atom is -0.478 e. The summed E-state index contributed by atoms with van der Waals surface area (Å²) in [7, 11) is 0. The molecule has 0 bridgehead atoms. The van der Waals surface area contributed by atoms with Gasteiger partial charge in [-0.05, 0) is 13.0 Å². The van der Waals surface area contributed by atoms with Gasteiger partial charge in [-0.3, -0.25) is 0 Å². The second-order valence-electron chi connectivity index (χ2n) is 2.96. The molecule has 0 saturated heterocycles. The molecule has 2 N–H and O–H groups in total. The molecular weight excluding hydrogens is 211 g/mol. The maximum absolute atomic E-state index is 12.8. The molecule has 0 spiro atoms. The van der Waals surface area contributed by atoms with Crippen molar-refractivity contribution in [1.82, 2.24) is 4.98 Å². The van der Waals surface area contributed by atoms with Crippen molar-refractivity contribution < 1.29 is 14.3 Å². The number of pyridine rings is 1. The van der Waals surface area contributed by atoms with Gasteiger partial charge in [-0.1, -0.05) is 0 Å². The summed E-state index contributed by atoms with van der Waals surface area (Å²) in [5, 5.41) is 11.6. The molecule has 4 nitrogen and oxygen atoms in total. The molecular formula is C11H11FN2O2. The van der Waals surface area contributed by atoms with E-state index in [9.17, 15) is 9.18 Å². The summed E-state index contributed by atoms with van der Waals surface area (Å²) in [4.78, 5) is 14.5. The number of carbonyl (C=O) groups is 1. The molecule has 0 aliphatic carbocycles. The van der Waals surface area contributed by atoms with Gasteiger partial charge in [-0.25, -0.2) is 14.2 Å². The Morgan fingerprint density at radius 3 is 3.06 bits per heavy atom. The summed E-state index contributed by atoms with van der Waals surface area (Å²) < 4.78 is 12.8. The fourth-order valence-electron chi connectivity index (χ4n) is 1.11. The third-order valence-electron chi connectivity index (χ3n) is 1.80. The Morgan fingerprint density at radius 1 is 1.69 bits per heavy atom. The van der Waals surface area contributed by atoms with Crippen molar-refractivity contribution in [2.75, 3.05) is 11.9 Å². The number of hydrogen-bond donors (Lipinski definition) is 2. The molecule has 0 aliphatic rings. The van der Waals surface area contributed by atoms with Crippen LogP contribution in [0, 0.1) is 17.7 Å². The normalized spacial score (nSPS) is 9.12. The Balaban J connectivity index is 2.77. The predicted octanol–water partition coefficient (Wildman–Crippen LogP) is 1.74. The minimum absolute atomic E-state index is 0.159. The van der Waals surface area contributed by atoms with Crippen LogP contribution >= 0.6 is 0 Å². The summed E-state index contributed by atoms with van der Waals surface area (Å²) >= 11 is 0. The van der Waals surface area contributed by atoms with Gasteiger partial charge in [0, 0.05) is 13.0 Å². The first-order valence-corrected chi connectivity index (χ1v) is 4.67. The maximum Gasteiger partial charge on any atom is 0.339 e. The second kappa shape index (κ2) is 5.71. The number of rotatable bonds is 4. The average molecular weight is 222 g/mol. The van der Waals surface area contributed by atoms with Crippen LogP contribution in [0.25, 0.3) is 0 Å². The number of carboxylic acid groups (broad SMARTS) is 1. The van der Waals surface area contributed by atoms with Crippen molar-refractivity contribution in [3.05, 3.63) is 23.6 Å². The number of halogens is 1. The molecule has 1 heterocycles. The van der Waals surface area contributed by atoms with E-state index in [0.29, 0.717) is 13.0 Å². The Bertz CT molecular complexity index is 449. The van der Waals surface area contributed by atoms with Gasteiger partial charge in [0.15, 0.2) is 0 Å². The SMILES string of the molecule is CC#CCCNc1ncc(F)cc1C(=O)O. The molecule has 0 unspecified atom stereocenters. The van der Waals surface area contributed by atoms with E-state index in [1.165, 1.54) is 0 Å². The lowest BCUT2D eigenvalue weighted by Gasteiger charge is -2.06. The van der Waals surface area contributed by atoms with Crippen molar-refractivity contribution in [3.8, 4) is 11.8 Å². The van der Waals surface area contributed by atoms with E-state index in [2.05, 4.69) is 22.1 Å². The highest BCUT2D eigenvalue weighted by Gasteiger charge is 2.11. The topological polar surface area (TPSA) is 62.2 Å². The highest BCUT2D eigenvalue weighted by Crippen LogP contribution is 2.13. The lowest BCUT2D eigenvalue weighted by molar-refractivity contribution is 0.0697. The first-order valence-electron chi connectivity index (χ1n) is 4.67. The zero-order valence-corrected chi connectivity index (χ0v) is 8.75. The third kappa shape index (κ3) is 3.24. The van der Waals surface area contributed by atoms with E-state index in [1.807, 2.05) is 0 Å². The molecule has 0 saturated carbocycles. The molecule has 5 heteroatoms. The predicted molar refractivity (Wildman–Crippen MR) is 57.7 cm³/mol. The van der Waals surface area contributed by atoms with Gasteiger partial charge in [0.05, 0.1) is 6.20 Å². The molecule has 1 rings (SSSR count). The Labute approximate surface area is 92.5 Å². The maximum atomic E-state index is 12.8. The van der Waals surface area contributed by atoms with Crippen molar-refractivity contribution >= 4 is 11.8 Å². The monoisotopic (exact) mass is 222 g/mol. The van der Waals surface area contributed by atoms with E-state index < -0.39 is 11.8 Å². The van der Waals surface area contributed by atoms with Crippen LogP contribution in [0.1, 0.15) is 23.7 Å². The number of aromatic nitrogens is 1. The van der Waals surface area contributed by atoms with Gasteiger partial charge in [0.2, 0.25) is 0 Å². The highest BCUT2D eigenvalue weighted by atomic mass is 19.1. The quantitative estimate of drug-likeness (QED) is 0.601. The number of nitrogens with one attached hydrogen (secondary N) is 1. The van der Waals surface area contributed by atoms with E-state index in [4.69, 9.17) is 5.11 Å². The standard InChI is InChI=1S/C11H11FN2O2/c1-2-3-4-5-13-10-9(11(15)16)6-8(12)7-14-10/h6-7H,4-5H2,1H3,(H,13,14)(H,15,16). The van der Waals surface area contributed by atoms with E-state index in [1.54, 1.807) is 6.92 Å². The first-order chi connectivity index (χ1) is 7.65. The highest BCUT2D eigenvalue weighted by molar-refractivity contribution is 5.93. The van der Waals surface area contributed by atoms with Crippen molar-refractivity contribution in [3.63, 3.8) is 0 Å². The third-order valence-corrected chi connectivity index (χ3v) is 1.80. The number of anilines is 1. The molecule has 16 heavy (non-hydrogen) atoms. The summed E-state index contributed by atoms with van der Waals surface area (Å²) in [6.07, 6.45) is 1.55. The Kier molecular flexibility index (Phi) is 4.28. The molecule has 84 valence electrons. The lowest BCUT2D eigenvalue weighted by Crippen LogP contribution is -2.09. The first kappa shape index (κ1) is 12.0. The van der Waals surface area contributed by atoms with Gasteiger partial charge in [-0.15, -0.1) is 11.8 Å². The number of aromatic carboxylic acids is 1. The van der Waals surface area contributed by atoms with Gasteiger partial charge in [0.25, 0.3) is 0 Å². The zero-order chi connectivity index (χ0) is 12.0. The zero-order valence-electron chi connectivity index (χ0n) is 8.75. The molecule has 0 amide bonds. The molecule has 0 radical (unpaired) electrons. The van der Waals surface area contributed by atoms with Crippen molar-refractivity contribution in [2.45, 2.75) is 13.3 Å². The Morgan fingerprint density at radius 2 is 2.44 bits per heavy atom. The van der Waals surface area contributed by atoms with Crippen LogP contribution in [0.3, 0.4) is 0 Å². The van der Waals surface area contributed by atoms with Crippen molar-refractivity contribution in [2.24, 2.45) is 0 Å².